The zero-order chi connectivity index (χ0) is 15.4. The van der Waals surface area contributed by atoms with Crippen molar-refractivity contribution in [2.45, 2.75) is 13.5 Å². The molecule has 0 unspecified atom stereocenters. The van der Waals surface area contributed by atoms with Crippen LogP contribution in [0, 0.1) is 6.92 Å². The summed E-state index contributed by atoms with van der Waals surface area (Å²) in [6, 6.07) is 3.87. The van der Waals surface area contributed by atoms with Gasteiger partial charge in [0.25, 0.3) is 0 Å². The van der Waals surface area contributed by atoms with Crippen LogP contribution in [0.1, 0.15) is 11.3 Å². The Morgan fingerprint density at radius 2 is 2.19 bits per heavy atom. The zero-order valence-corrected chi connectivity index (χ0v) is 13.2. The van der Waals surface area contributed by atoms with Crippen molar-refractivity contribution < 1.29 is 5.11 Å². The maximum Gasteiger partial charge on any atom is 0.131 e. The summed E-state index contributed by atoms with van der Waals surface area (Å²) in [6.07, 6.45) is 1.77. The van der Waals surface area contributed by atoms with Gasteiger partial charge in [-0.25, -0.2) is 4.98 Å². The summed E-state index contributed by atoms with van der Waals surface area (Å²) in [7, 11) is 3.74. The maximum atomic E-state index is 8.92. The number of anilines is 2. The van der Waals surface area contributed by atoms with Gasteiger partial charge in [0, 0.05) is 32.7 Å². The number of aliphatic hydroxyl groups excluding tert-OH is 1. The molecule has 21 heavy (non-hydrogen) atoms. The summed E-state index contributed by atoms with van der Waals surface area (Å²) in [5.74, 6) is 0.774. The molecule has 0 saturated heterocycles. The molecule has 0 atom stereocenters. The molecule has 0 radical (unpaired) electrons. The van der Waals surface area contributed by atoms with E-state index in [1.165, 1.54) is 0 Å². The Labute approximate surface area is 129 Å². The second-order valence-corrected chi connectivity index (χ2v) is 5.24. The van der Waals surface area contributed by atoms with Gasteiger partial charge >= 0.3 is 0 Å². The molecule has 0 spiro atoms. The molecular weight excluding hydrogens is 290 g/mol. The van der Waals surface area contributed by atoms with Gasteiger partial charge in [-0.05, 0) is 19.1 Å². The van der Waals surface area contributed by atoms with Gasteiger partial charge in [0.05, 0.1) is 24.2 Å². The van der Waals surface area contributed by atoms with E-state index in [1.54, 1.807) is 10.9 Å². The SMILES string of the molecule is Cc1nn(C)c(Cl)c1CNc1ccc(N(C)CCO)cn1. The summed E-state index contributed by atoms with van der Waals surface area (Å²) in [6.45, 7) is 3.22. The highest BCUT2D eigenvalue weighted by molar-refractivity contribution is 6.30. The number of nitrogens with one attached hydrogen (secondary N) is 1. The molecule has 0 aromatic carbocycles. The monoisotopic (exact) mass is 309 g/mol. The molecule has 0 fully saturated rings. The van der Waals surface area contributed by atoms with Gasteiger partial charge in [0.15, 0.2) is 0 Å². The number of halogens is 1. The Bertz CT molecular complexity index is 596. The third-order valence-electron chi connectivity index (χ3n) is 3.34. The first-order valence-electron chi connectivity index (χ1n) is 6.72. The smallest absolute Gasteiger partial charge is 0.131 e. The number of aliphatic hydroxyl groups is 1. The lowest BCUT2D eigenvalue weighted by Crippen LogP contribution is -2.21. The molecule has 7 heteroatoms. The highest BCUT2D eigenvalue weighted by Crippen LogP contribution is 2.20. The fraction of sp³-hybridized carbons (Fsp3) is 0.429. The number of aryl methyl sites for hydroxylation is 2. The molecule has 0 amide bonds. The minimum atomic E-state index is 0.120. The van der Waals surface area contributed by atoms with Crippen LogP contribution in [-0.4, -0.2) is 40.1 Å². The Kier molecular flexibility index (Phi) is 5.03. The van der Waals surface area contributed by atoms with Crippen LogP contribution in [0.2, 0.25) is 5.15 Å². The first-order chi connectivity index (χ1) is 10.0. The molecule has 2 heterocycles. The Morgan fingerprint density at radius 3 is 2.71 bits per heavy atom. The molecule has 6 nitrogen and oxygen atoms in total. The molecule has 0 aliphatic carbocycles. The van der Waals surface area contributed by atoms with Crippen LogP contribution in [0.3, 0.4) is 0 Å². The lowest BCUT2D eigenvalue weighted by molar-refractivity contribution is 0.304. The Morgan fingerprint density at radius 1 is 1.43 bits per heavy atom. The third-order valence-corrected chi connectivity index (χ3v) is 3.81. The highest BCUT2D eigenvalue weighted by atomic mass is 35.5. The normalized spacial score (nSPS) is 10.7. The van der Waals surface area contributed by atoms with Crippen LogP contribution in [0.5, 0.6) is 0 Å². The minimum absolute atomic E-state index is 0.120. The van der Waals surface area contributed by atoms with E-state index in [1.807, 2.05) is 38.1 Å². The Hall–Kier alpha value is -1.79. The molecular formula is C14H20ClN5O. The number of hydrogen-bond donors (Lipinski definition) is 2. The summed E-state index contributed by atoms with van der Waals surface area (Å²) in [5.41, 5.74) is 2.85. The number of likely N-dealkylation sites (N-methyl/N-ethyl adjacent to an activating group) is 1. The van der Waals surface area contributed by atoms with E-state index < -0.39 is 0 Å². The predicted molar refractivity (Wildman–Crippen MR) is 84.9 cm³/mol. The minimum Gasteiger partial charge on any atom is -0.395 e. The van der Waals surface area contributed by atoms with Crippen LogP contribution in [0.15, 0.2) is 18.3 Å². The lowest BCUT2D eigenvalue weighted by Gasteiger charge is -2.17. The molecule has 2 rings (SSSR count). The van der Waals surface area contributed by atoms with E-state index in [0.717, 1.165) is 22.8 Å². The van der Waals surface area contributed by atoms with E-state index in [2.05, 4.69) is 15.4 Å². The van der Waals surface area contributed by atoms with Crippen molar-refractivity contribution >= 4 is 23.1 Å². The van der Waals surface area contributed by atoms with Crippen molar-refractivity contribution in [1.82, 2.24) is 14.8 Å². The largest absolute Gasteiger partial charge is 0.395 e. The molecule has 0 saturated carbocycles. The molecule has 2 N–H and O–H groups in total. The fourth-order valence-electron chi connectivity index (χ4n) is 2.05. The maximum absolute atomic E-state index is 8.92. The summed E-state index contributed by atoms with van der Waals surface area (Å²) >= 11 is 6.19. The van der Waals surface area contributed by atoms with Crippen molar-refractivity contribution in [3.05, 3.63) is 34.7 Å². The molecule has 0 bridgehead atoms. The number of nitrogens with zero attached hydrogens (tertiary/aromatic N) is 4. The Balaban J connectivity index is 2.01. The van der Waals surface area contributed by atoms with Gasteiger partial charge < -0.3 is 15.3 Å². The molecule has 114 valence electrons. The van der Waals surface area contributed by atoms with Gasteiger partial charge in [-0.1, -0.05) is 11.6 Å². The number of pyridine rings is 1. The molecule has 2 aromatic rings. The first kappa shape index (κ1) is 15.6. The van der Waals surface area contributed by atoms with Crippen LogP contribution in [0.25, 0.3) is 0 Å². The van der Waals surface area contributed by atoms with E-state index in [-0.39, 0.29) is 6.61 Å². The average Bonchev–Trinajstić information content (AvgIpc) is 2.71. The van der Waals surface area contributed by atoms with Gasteiger partial charge in [-0.2, -0.15) is 5.10 Å². The fourth-order valence-corrected chi connectivity index (χ4v) is 2.29. The molecule has 2 aromatic heterocycles. The third kappa shape index (κ3) is 3.65. The van der Waals surface area contributed by atoms with Crippen molar-refractivity contribution in [1.29, 1.82) is 0 Å². The van der Waals surface area contributed by atoms with Crippen molar-refractivity contribution in [3.63, 3.8) is 0 Å². The summed E-state index contributed by atoms with van der Waals surface area (Å²) in [5, 5.41) is 17.1. The van der Waals surface area contributed by atoms with Crippen LogP contribution < -0.4 is 10.2 Å². The standard InChI is InChI=1S/C14H20ClN5O/c1-10-12(14(15)20(3)18-10)9-17-13-5-4-11(8-16-13)19(2)6-7-21/h4-5,8,21H,6-7,9H2,1-3H3,(H,16,17). The number of rotatable bonds is 6. The second kappa shape index (κ2) is 6.78. The number of aromatic nitrogens is 3. The van der Waals surface area contributed by atoms with E-state index in [0.29, 0.717) is 18.2 Å². The van der Waals surface area contributed by atoms with Crippen molar-refractivity contribution in [2.24, 2.45) is 7.05 Å². The zero-order valence-electron chi connectivity index (χ0n) is 12.5. The average molecular weight is 310 g/mol. The highest BCUT2D eigenvalue weighted by Gasteiger charge is 2.10. The first-order valence-corrected chi connectivity index (χ1v) is 7.10. The van der Waals surface area contributed by atoms with E-state index in [4.69, 9.17) is 16.7 Å². The van der Waals surface area contributed by atoms with Gasteiger partial charge in [-0.15, -0.1) is 0 Å². The van der Waals surface area contributed by atoms with Crippen molar-refractivity contribution in [2.75, 3.05) is 30.4 Å². The van der Waals surface area contributed by atoms with Gasteiger partial charge in [0.2, 0.25) is 0 Å². The van der Waals surface area contributed by atoms with E-state index >= 15 is 0 Å². The second-order valence-electron chi connectivity index (χ2n) is 4.88. The molecule has 0 aliphatic rings. The number of hydrogen-bond acceptors (Lipinski definition) is 5. The van der Waals surface area contributed by atoms with Crippen LogP contribution in [0.4, 0.5) is 11.5 Å². The summed E-state index contributed by atoms with van der Waals surface area (Å²) < 4.78 is 1.66. The van der Waals surface area contributed by atoms with Crippen LogP contribution >= 0.6 is 11.6 Å². The topological polar surface area (TPSA) is 66.2 Å². The van der Waals surface area contributed by atoms with Crippen molar-refractivity contribution in [3.8, 4) is 0 Å². The predicted octanol–water partition coefficient (Wildman–Crippen LogP) is 1.82. The molecule has 0 aliphatic heterocycles. The van der Waals surface area contributed by atoms with Crippen LogP contribution in [-0.2, 0) is 13.6 Å². The quantitative estimate of drug-likeness (QED) is 0.852. The van der Waals surface area contributed by atoms with E-state index in [9.17, 15) is 0 Å². The van der Waals surface area contributed by atoms with Gasteiger partial charge in [0.1, 0.15) is 11.0 Å². The summed E-state index contributed by atoms with van der Waals surface area (Å²) in [4.78, 5) is 6.30. The lowest BCUT2D eigenvalue weighted by atomic mass is 10.2. The van der Waals surface area contributed by atoms with Gasteiger partial charge in [-0.3, -0.25) is 4.68 Å².